The highest BCUT2D eigenvalue weighted by atomic mass is 16.5. The lowest BCUT2D eigenvalue weighted by atomic mass is 10.1. The van der Waals surface area contributed by atoms with Crippen LogP contribution in [-0.4, -0.2) is 60.5 Å². The van der Waals surface area contributed by atoms with Crippen LogP contribution in [0.5, 0.6) is 5.75 Å². The highest BCUT2D eigenvalue weighted by molar-refractivity contribution is 5.69. The van der Waals surface area contributed by atoms with E-state index in [2.05, 4.69) is 33.4 Å². The summed E-state index contributed by atoms with van der Waals surface area (Å²) in [6.45, 7) is 5.89. The number of benzene rings is 2. The van der Waals surface area contributed by atoms with E-state index in [1.807, 2.05) is 30.3 Å². The van der Waals surface area contributed by atoms with E-state index in [1.54, 1.807) is 6.20 Å². The highest BCUT2D eigenvalue weighted by Crippen LogP contribution is 2.30. The fourth-order valence-electron chi connectivity index (χ4n) is 4.26. The second kappa shape index (κ2) is 10.8. The van der Waals surface area contributed by atoms with Crippen molar-refractivity contribution in [2.45, 2.75) is 25.5 Å². The number of morpholine rings is 1. The van der Waals surface area contributed by atoms with E-state index in [-0.39, 0.29) is 6.10 Å². The maximum Gasteiger partial charge on any atom is 0.227 e. The molecule has 1 aromatic heterocycles. The van der Waals surface area contributed by atoms with Crippen molar-refractivity contribution < 1.29 is 14.2 Å². The Morgan fingerprint density at radius 1 is 1.00 bits per heavy atom. The van der Waals surface area contributed by atoms with E-state index in [1.165, 1.54) is 5.56 Å². The number of nitrogen functional groups attached to an aromatic ring is 1. The number of ether oxygens (including phenoxy) is 3. The first kappa shape index (κ1) is 22.6. The van der Waals surface area contributed by atoms with Crippen molar-refractivity contribution in [2.24, 2.45) is 0 Å². The van der Waals surface area contributed by atoms with Gasteiger partial charge in [0.15, 0.2) is 0 Å². The molecule has 3 N–H and O–H groups in total. The molecule has 2 aromatic carbocycles. The number of aromatic nitrogens is 2. The van der Waals surface area contributed by atoms with Gasteiger partial charge in [-0.3, -0.25) is 4.90 Å². The first-order chi connectivity index (χ1) is 16.7. The third kappa shape index (κ3) is 5.83. The van der Waals surface area contributed by atoms with Crippen LogP contribution in [0.4, 0.5) is 17.3 Å². The molecular weight excluding hydrogens is 430 g/mol. The zero-order chi connectivity index (χ0) is 23.2. The van der Waals surface area contributed by atoms with Gasteiger partial charge >= 0.3 is 0 Å². The Hall–Kier alpha value is -3.20. The summed E-state index contributed by atoms with van der Waals surface area (Å²) in [4.78, 5) is 11.5. The lowest BCUT2D eigenvalue weighted by Gasteiger charge is -2.26. The predicted molar refractivity (Wildman–Crippen MR) is 132 cm³/mol. The molecule has 0 spiro atoms. The van der Waals surface area contributed by atoms with Crippen LogP contribution in [0.25, 0.3) is 11.3 Å². The number of nitrogens with one attached hydrogen (secondary N) is 1. The van der Waals surface area contributed by atoms with Gasteiger partial charge in [0, 0.05) is 49.9 Å². The van der Waals surface area contributed by atoms with Gasteiger partial charge in [-0.1, -0.05) is 12.1 Å². The molecule has 2 fully saturated rings. The topological polar surface area (TPSA) is 94.8 Å². The standard InChI is InChI=1S/C26H31N5O3/c27-23-17-20(4-5-25(23)34-22-7-12-32-13-8-22)24-6-9-28-26(30-24)29-21-3-1-2-19(16-21)18-31-10-14-33-15-11-31/h1-6,9,16-17,22H,7-8,10-15,18,27H2,(H,28,29,30). The largest absolute Gasteiger partial charge is 0.488 e. The fraction of sp³-hybridized carbons (Fsp3) is 0.385. The van der Waals surface area contributed by atoms with Gasteiger partial charge in [-0.05, 0) is 42.0 Å². The van der Waals surface area contributed by atoms with Crippen LogP contribution in [0.15, 0.2) is 54.7 Å². The SMILES string of the molecule is Nc1cc(-c2ccnc(Nc3cccc(CN4CCOCC4)c3)n2)ccc1OC1CCOCC1. The minimum Gasteiger partial charge on any atom is -0.488 e. The minimum atomic E-state index is 0.149. The number of rotatable bonds is 7. The Labute approximate surface area is 200 Å². The molecule has 0 saturated carbocycles. The van der Waals surface area contributed by atoms with Crippen molar-refractivity contribution in [3.8, 4) is 17.0 Å². The molecule has 34 heavy (non-hydrogen) atoms. The minimum absolute atomic E-state index is 0.149. The molecule has 2 saturated heterocycles. The number of hydrogen-bond acceptors (Lipinski definition) is 8. The molecule has 0 unspecified atom stereocenters. The van der Waals surface area contributed by atoms with E-state index < -0.39 is 0 Å². The smallest absolute Gasteiger partial charge is 0.227 e. The molecule has 0 aliphatic carbocycles. The summed E-state index contributed by atoms with van der Waals surface area (Å²) >= 11 is 0. The molecule has 8 heteroatoms. The Bertz CT molecular complexity index is 1100. The molecule has 5 rings (SSSR count). The quantitative estimate of drug-likeness (QED) is 0.512. The Kier molecular flexibility index (Phi) is 7.19. The van der Waals surface area contributed by atoms with Crippen LogP contribution in [-0.2, 0) is 16.0 Å². The van der Waals surface area contributed by atoms with Crippen LogP contribution in [0, 0.1) is 0 Å². The maximum atomic E-state index is 6.30. The van der Waals surface area contributed by atoms with Gasteiger partial charge < -0.3 is 25.3 Å². The molecule has 0 radical (unpaired) electrons. The van der Waals surface area contributed by atoms with E-state index in [9.17, 15) is 0 Å². The van der Waals surface area contributed by atoms with Crippen molar-refractivity contribution in [3.05, 3.63) is 60.3 Å². The second-order valence-electron chi connectivity index (χ2n) is 8.66. The van der Waals surface area contributed by atoms with Gasteiger partial charge in [-0.2, -0.15) is 0 Å². The van der Waals surface area contributed by atoms with E-state index in [0.717, 1.165) is 75.8 Å². The highest BCUT2D eigenvalue weighted by Gasteiger charge is 2.17. The average molecular weight is 462 g/mol. The molecule has 3 heterocycles. The average Bonchev–Trinajstić information content (AvgIpc) is 2.87. The Morgan fingerprint density at radius 2 is 1.82 bits per heavy atom. The predicted octanol–water partition coefficient (Wildman–Crippen LogP) is 3.86. The lowest BCUT2D eigenvalue weighted by molar-refractivity contribution is 0.0259. The molecule has 0 amide bonds. The summed E-state index contributed by atoms with van der Waals surface area (Å²) in [7, 11) is 0. The summed E-state index contributed by atoms with van der Waals surface area (Å²) < 4.78 is 16.9. The molecular formula is C26H31N5O3. The number of nitrogens with zero attached hydrogens (tertiary/aromatic N) is 3. The summed E-state index contributed by atoms with van der Waals surface area (Å²) in [5.41, 5.74) is 10.8. The van der Waals surface area contributed by atoms with E-state index in [4.69, 9.17) is 24.9 Å². The van der Waals surface area contributed by atoms with Crippen molar-refractivity contribution in [1.82, 2.24) is 14.9 Å². The third-order valence-corrected chi connectivity index (χ3v) is 6.12. The molecule has 2 aliphatic heterocycles. The number of anilines is 3. The van der Waals surface area contributed by atoms with Gasteiger partial charge in [0.25, 0.3) is 0 Å². The van der Waals surface area contributed by atoms with Gasteiger partial charge in [-0.15, -0.1) is 0 Å². The molecule has 0 bridgehead atoms. The normalized spacial score (nSPS) is 17.4. The van der Waals surface area contributed by atoms with Gasteiger partial charge in [0.05, 0.1) is 37.8 Å². The molecule has 3 aromatic rings. The fourth-order valence-corrected chi connectivity index (χ4v) is 4.26. The third-order valence-electron chi connectivity index (χ3n) is 6.12. The maximum absolute atomic E-state index is 6.30. The van der Waals surface area contributed by atoms with E-state index in [0.29, 0.717) is 17.4 Å². The summed E-state index contributed by atoms with van der Waals surface area (Å²) in [6, 6.07) is 16.1. The van der Waals surface area contributed by atoms with Gasteiger partial charge in [0.2, 0.25) is 5.95 Å². The van der Waals surface area contributed by atoms with E-state index >= 15 is 0 Å². The van der Waals surface area contributed by atoms with Crippen molar-refractivity contribution in [3.63, 3.8) is 0 Å². The first-order valence-electron chi connectivity index (χ1n) is 11.9. The van der Waals surface area contributed by atoms with Gasteiger partial charge in [-0.25, -0.2) is 9.97 Å². The van der Waals surface area contributed by atoms with Crippen molar-refractivity contribution in [1.29, 1.82) is 0 Å². The zero-order valence-corrected chi connectivity index (χ0v) is 19.3. The molecule has 0 atom stereocenters. The Morgan fingerprint density at radius 3 is 2.65 bits per heavy atom. The van der Waals surface area contributed by atoms with Crippen LogP contribution >= 0.6 is 0 Å². The van der Waals surface area contributed by atoms with Crippen molar-refractivity contribution >= 4 is 17.3 Å². The number of nitrogens with two attached hydrogens (primary N) is 1. The van der Waals surface area contributed by atoms with Crippen molar-refractivity contribution in [2.75, 3.05) is 50.6 Å². The molecule has 8 nitrogen and oxygen atoms in total. The zero-order valence-electron chi connectivity index (χ0n) is 19.3. The van der Waals surface area contributed by atoms with Crippen LogP contribution in [0.1, 0.15) is 18.4 Å². The summed E-state index contributed by atoms with van der Waals surface area (Å²) in [5.74, 6) is 1.25. The first-order valence-corrected chi connectivity index (χ1v) is 11.9. The second-order valence-corrected chi connectivity index (χ2v) is 8.66. The molecule has 178 valence electrons. The molecule has 2 aliphatic rings. The monoisotopic (exact) mass is 461 g/mol. The number of hydrogen-bond donors (Lipinski definition) is 2. The van der Waals surface area contributed by atoms with Crippen LogP contribution in [0.3, 0.4) is 0 Å². The van der Waals surface area contributed by atoms with Crippen LogP contribution < -0.4 is 15.8 Å². The summed E-state index contributed by atoms with van der Waals surface area (Å²) in [5, 5.41) is 3.34. The lowest BCUT2D eigenvalue weighted by Crippen LogP contribution is -2.35. The van der Waals surface area contributed by atoms with Gasteiger partial charge in [0.1, 0.15) is 11.9 Å². The van der Waals surface area contributed by atoms with Crippen LogP contribution in [0.2, 0.25) is 0 Å². The Balaban J connectivity index is 1.26. The summed E-state index contributed by atoms with van der Waals surface area (Å²) in [6.07, 6.45) is 3.67.